The highest BCUT2D eigenvalue weighted by Crippen LogP contribution is 2.23. The number of hydrogen-bond acceptors (Lipinski definition) is 3. The van der Waals surface area contributed by atoms with Crippen LogP contribution in [0.3, 0.4) is 0 Å². The van der Waals surface area contributed by atoms with E-state index in [0.29, 0.717) is 13.2 Å². The molecule has 1 aromatic carbocycles. The molecule has 0 aliphatic carbocycles. The van der Waals surface area contributed by atoms with Gasteiger partial charge in [-0.15, -0.1) is 0 Å². The van der Waals surface area contributed by atoms with Gasteiger partial charge in [0.05, 0.1) is 12.6 Å². The van der Waals surface area contributed by atoms with Crippen molar-refractivity contribution >= 4 is 11.6 Å². The van der Waals surface area contributed by atoms with Crippen molar-refractivity contribution in [1.29, 1.82) is 0 Å². The number of amides is 1. The van der Waals surface area contributed by atoms with Crippen LogP contribution in [0.5, 0.6) is 0 Å². The molecule has 1 aliphatic rings. The minimum absolute atomic E-state index is 0.104. The molecule has 0 spiro atoms. The van der Waals surface area contributed by atoms with Gasteiger partial charge in [0, 0.05) is 25.9 Å². The van der Waals surface area contributed by atoms with Gasteiger partial charge in [0.1, 0.15) is 0 Å². The molecular weight excluding hydrogens is 216 g/mol. The number of anilines is 1. The topological polar surface area (TPSA) is 41.6 Å². The third-order valence-corrected chi connectivity index (χ3v) is 3.04. The maximum absolute atomic E-state index is 12.2. The normalized spacial score (nSPS) is 20.0. The van der Waals surface area contributed by atoms with E-state index in [0.717, 1.165) is 17.8 Å². The molecule has 1 N–H and O–H groups in total. The van der Waals surface area contributed by atoms with E-state index < -0.39 is 0 Å². The highest BCUT2D eigenvalue weighted by molar-refractivity contribution is 5.98. The predicted molar refractivity (Wildman–Crippen MR) is 67.0 cm³/mol. The largest absolute Gasteiger partial charge is 0.383 e. The Bertz CT molecular complexity index is 406. The van der Waals surface area contributed by atoms with E-state index in [1.165, 1.54) is 0 Å². The first-order valence-electron chi connectivity index (χ1n) is 5.85. The lowest BCUT2D eigenvalue weighted by molar-refractivity contribution is -0.120. The van der Waals surface area contributed by atoms with Crippen molar-refractivity contribution in [3.8, 4) is 0 Å². The molecule has 17 heavy (non-hydrogen) atoms. The highest BCUT2D eigenvalue weighted by atomic mass is 16.5. The Kier molecular flexibility index (Phi) is 3.76. The maximum atomic E-state index is 12.2. The van der Waals surface area contributed by atoms with E-state index >= 15 is 0 Å². The van der Waals surface area contributed by atoms with Gasteiger partial charge in [0.15, 0.2) is 0 Å². The summed E-state index contributed by atoms with van der Waals surface area (Å²) in [6.07, 6.45) is 0. The second-order valence-corrected chi connectivity index (χ2v) is 4.21. The van der Waals surface area contributed by atoms with E-state index in [-0.39, 0.29) is 11.9 Å². The molecule has 0 aromatic heterocycles. The van der Waals surface area contributed by atoms with Crippen molar-refractivity contribution < 1.29 is 9.53 Å². The summed E-state index contributed by atoms with van der Waals surface area (Å²) in [6.45, 7) is 3.77. The van der Waals surface area contributed by atoms with Gasteiger partial charge in [-0.05, 0) is 18.6 Å². The number of rotatable bonds is 3. The quantitative estimate of drug-likeness (QED) is 0.853. The zero-order valence-corrected chi connectivity index (χ0v) is 10.3. The van der Waals surface area contributed by atoms with Crippen molar-refractivity contribution in [1.82, 2.24) is 5.32 Å². The minimum atomic E-state index is -0.153. The van der Waals surface area contributed by atoms with Gasteiger partial charge in [0.2, 0.25) is 5.91 Å². The molecule has 1 aliphatic heterocycles. The van der Waals surface area contributed by atoms with Crippen molar-refractivity contribution in [2.24, 2.45) is 0 Å². The van der Waals surface area contributed by atoms with Crippen LogP contribution in [-0.2, 0) is 16.1 Å². The van der Waals surface area contributed by atoms with Gasteiger partial charge in [-0.3, -0.25) is 4.79 Å². The molecule has 0 fully saturated rings. The van der Waals surface area contributed by atoms with E-state index in [2.05, 4.69) is 5.32 Å². The molecular formula is C13H18N2O2. The molecule has 0 bridgehead atoms. The maximum Gasteiger partial charge on any atom is 0.243 e. The first-order valence-corrected chi connectivity index (χ1v) is 5.85. The summed E-state index contributed by atoms with van der Waals surface area (Å²) in [5.41, 5.74) is 2.15. The molecule has 1 heterocycles. The summed E-state index contributed by atoms with van der Waals surface area (Å²) in [4.78, 5) is 14.0. The number of nitrogens with zero attached hydrogens (tertiary/aromatic N) is 1. The predicted octanol–water partition coefficient (Wildman–Crippen LogP) is 1.16. The number of fused-ring (bicyclic) bond motifs is 1. The fraction of sp³-hybridized carbons (Fsp3) is 0.462. The lowest BCUT2D eigenvalue weighted by Crippen LogP contribution is -2.43. The van der Waals surface area contributed by atoms with Crippen molar-refractivity contribution in [2.45, 2.75) is 19.5 Å². The van der Waals surface area contributed by atoms with Gasteiger partial charge in [-0.2, -0.15) is 0 Å². The molecule has 0 saturated heterocycles. The lowest BCUT2D eigenvalue weighted by atomic mass is 10.1. The summed E-state index contributed by atoms with van der Waals surface area (Å²) in [7, 11) is 1.65. The van der Waals surface area contributed by atoms with E-state index in [9.17, 15) is 4.79 Å². The van der Waals surface area contributed by atoms with Crippen molar-refractivity contribution in [2.75, 3.05) is 25.2 Å². The Hall–Kier alpha value is -1.39. The zero-order chi connectivity index (χ0) is 12.3. The van der Waals surface area contributed by atoms with Gasteiger partial charge < -0.3 is 15.0 Å². The standard InChI is InChI=1S/C13H18N2O2/c1-10-13(16)15(7-8-17-2)12-6-4-3-5-11(12)9-14-10/h3-6,10,14H,7-9H2,1-2H3. The first-order chi connectivity index (χ1) is 8.24. The van der Waals surface area contributed by atoms with Gasteiger partial charge >= 0.3 is 0 Å². The molecule has 92 valence electrons. The molecule has 2 rings (SSSR count). The molecule has 1 unspecified atom stereocenters. The molecule has 0 radical (unpaired) electrons. The van der Waals surface area contributed by atoms with Crippen LogP contribution in [0.2, 0.25) is 0 Å². The Balaban J connectivity index is 2.33. The highest BCUT2D eigenvalue weighted by Gasteiger charge is 2.26. The van der Waals surface area contributed by atoms with Crippen LogP contribution in [-0.4, -0.2) is 32.2 Å². The minimum Gasteiger partial charge on any atom is -0.383 e. The molecule has 1 atom stereocenters. The SMILES string of the molecule is COCCN1C(=O)C(C)NCc2ccccc21. The van der Waals surface area contributed by atoms with Gasteiger partial charge in [-0.1, -0.05) is 18.2 Å². The van der Waals surface area contributed by atoms with Crippen molar-refractivity contribution in [3.63, 3.8) is 0 Å². The Morgan fingerprint density at radius 3 is 3.00 bits per heavy atom. The average molecular weight is 234 g/mol. The molecule has 4 nitrogen and oxygen atoms in total. The number of methoxy groups -OCH3 is 1. The van der Waals surface area contributed by atoms with Gasteiger partial charge in [0.25, 0.3) is 0 Å². The van der Waals surface area contributed by atoms with Crippen LogP contribution in [0.15, 0.2) is 24.3 Å². The molecule has 0 saturated carbocycles. The van der Waals surface area contributed by atoms with Crippen molar-refractivity contribution in [3.05, 3.63) is 29.8 Å². The van der Waals surface area contributed by atoms with E-state index in [1.807, 2.05) is 36.1 Å². The summed E-state index contributed by atoms with van der Waals surface area (Å²) in [6, 6.07) is 7.84. The number of ether oxygens (including phenoxy) is 1. The van der Waals surface area contributed by atoms with Crippen LogP contribution in [0, 0.1) is 0 Å². The third kappa shape index (κ3) is 2.48. The molecule has 1 amide bonds. The number of benzene rings is 1. The number of para-hydroxylation sites is 1. The number of carbonyl (C=O) groups excluding carboxylic acids is 1. The second kappa shape index (κ2) is 5.29. The fourth-order valence-electron chi connectivity index (χ4n) is 2.04. The summed E-state index contributed by atoms with van der Waals surface area (Å²) >= 11 is 0. The Morgan fingerprint density at radius 1 is 1.47 bits per heavy atom. The third-order valence-electron chi connectivity index (χ3n) is 3.04. The monoisotopic (exact) mass is 234 g/mol. The molecule has 4 heteroatoms. The van der Waals surface area contributed by atoms with E-state index in [1.54, 1.807) is 7.11 Å². The molecule has 1 aromatic rings. The second-order valence-electron chi connectivity index (χ2n) is 4.21. The lowest BCUT2D eigenvalue weighted by Gasteiger charge is -2.24. The van der Waals surface area contributed by atoms with Crippen LogP contribution in [0.25, 0.3) is 0 Å². The zero-order valence-electron chi connectivity index (χ0n) is 10.3. The Labute approximate surface area is 102 Å². The van der Waals surface area contributed by atoms with Gasteiger partial charge in [-0.25, -0.2) is 0 Å². The summed E-state index contributed by atoms with van der Waals surface area (Å²) in [5.74, 6) is 0.104. The summed E-state index contributed by atoms with van der Waals surface area (Å²) < 4.78 is 5.07. The van der Waals surface area contributed by atoms with Crippen LogP contribution < -0.4 is 10.2 Å². The number of nitrogens with one attached hydrogen (secondary N) is 1. The van der Waals surface area contributed by atoms with Crippen LogP contribution in [0.1, 0.15) is 12.5 Å². The van der Waals surface area contributed by atoms with Crippen LogP contribution in [0.4, 0.5) is 5.69 Å². The van der Waals surface area contributed by atoms with Crippen LogP contribution >= 0.6 is 0 Å². The summed E-state index contributed by atoms with van der Waals surface area (Å²) in [5, 5.41) is 3.22. The fourth-order valence-corrected chi connectivity index (χ4v) is 2.04. The number of hydrogen-bond donors (Lipinski definition) is 1. The average Bonchev–Trinajstić information content (AvgIpc) is 2.47. The first kappa shape index (κ1) is 12.1. The number of carbonyl (C=O) groups is 1. The smallest absolute Gasteiger partial charge is 0.243 e. The van der Waals surface area contributed by atoms with E-state index in [4.69, 9.17) is 4.74 Å². The Morgan fingerprint density at radius 2 is 2.24 bits per heavy atom.